The molecule has 0 unspecified atom stereocenters. The Morgan fingerprint density at radius 1 is 1.07 bits per heavy atom. The maximum atomic E-state index is 3.34. The van der Waals surface area contributed by atoms with Gasteiger partial charge in [0.25, 0.3) is 0 Å². The molecule has 0 atom stereocenters. The molecule has 2 rings (SSSR count). The van der Waals surface area contributed by atoms with Crippen LogP contribution in [-0.4, -0.2) is 6.54 Å². The minimum absolute atomic E-state index is 1.05. The molecule has 1 heterocycles. The number of hydrogen-bond donors (Lipinski definition) is 1. The Bertz CT molecular complexity index is 218. The third-order valence-electron chi connectivity index (χ3n) is 2.00. The van der Waals surface area contributed by atoms with Gasteiger partial charge < -0.3 is 5.32 Å². The first kappa shape index (κ1) is 14.2. The van der Waals surface area contributed by atoms with Gasteiger partial charge in [-0.15, -0.1) is 0 Å². The molecule has 0 saturated carbocycles. The molecule has 1 nitrogen and oxygen atoms in total. The Hall–Kier alpha value is -0.820. The van der Waals surface area contributed by atoms with Crippen molar-refractivity contribution in [1.29, 1.82) is 0 Å². The topological polar surface area (TPSA) is 12.0 Å². The Morgan fingerprint density at radius 3 is 2.13 bits per heavy atom. The first-order valence-corrected chi connectivity index (χ1v) is 6.16. The van der Waals surface area contributed by atoms with E-state index in [9.17, 15) is 0 Å². The minimum atomic E-state index is 1.05. The first-order chi connectivity index (χ1) is 7.38. The van der Waals surface area contributed by atoms with Crippen LogP contribution < -0.4 is 5.32 Å². The van der Waals surface area contributed by atoms with Crippen LogP contribution in [0.4, 0.5) is 0 Å². The first-order valence-electron chi connectivity index (χ1n) is 6.16. The van der Waals surface area contributed by atoms with Gasteiger partial charge in [0, 0.05) is 6.54 Å². The Balaban J connectivity index is 0.000000342. The van der Waals surface area contributed by atoms with E-state index in [0.29, 0.717) is 0 Å². The molecule has 0 aliphatic carbocycles. The van der Waals surface area contributed by atoms with Crippen LogP contribution in [-0.2, 0) is 13.0 Å². The molecule has 0 amide bonds. The molecule has 0 spiro atoms. The summed E-state index contributed by atoms with van der Waals surface area (Å²) in [6, 6.07) is 8.63. The summed E-state index contributed by atoms with van der Waals surface area (Å²) in [5.41, 5.74) is 2.98. The smallest absolute Gasteiger partial charge is 0.0208 e. The van der Waals surface area contributed by atoms with E-state index in [1.165, 1.54) is 24.0 Å². The van der Waals surface area contributed by atoms with Crippen molar-refractivity contribution in [2.75, 3.05) is 6.54 Å². The Kier molecular flexibility index (Phi) is 9.19. The van der Waals surface area contributed by atoms with Gasteiger partial charge in [-0.1, -0.05) is 58.4 Å². The predicted octanol–water partition coefficient (Wildman–Crippen LogP) is 3.77. The molecule has 0 fully saturated rings. The lowest BCUT2D eigenvalue weighted by Gasteiger charge is -2.15. The van der Waals surface area contributed by atoms with Gasteiger partial charge in [-0.05, 0) is 24.1 Å². The summed E-state index contributed by atoms with van der Waals surface area (Å²) in [6.07, 6.45) is 2.44. The number of hydrogen-bond acceptors (Lipinski definition) is 1. The van der Waals surface area contributed by atoms with Crippen LogP contribution in [0.1, 0.15) is 45.2 Å². The van der Waals surface area contributed by atoms with Crippen molar-refractivity contribution in [3.8, 4) is 0 Å². The van der Waals surface area contributed by atoms with E-state index in [1.54, 1.807) is 0 Å². The standard InChI is InChI=1S/C9H11N.C3H8.C2H6/c1-2-4-9-7-10-6-5-8(9)3-1;1-3-2;1-2/h1-4,10H,5-7H2;3H2,1-2H3;1-2H3. The maximum Gasteiger partial charge on any atom is 0.0208 e. The van der Waals surface area contributed by atoms with Crippen molar-refractivity contribution in [2.45, 2.75) is 47.1 Å². The SMILES string of the molecule is CC.CCC.c1ccc2c(c1)CCNC2. The quantitative estimate of drug-likeness (QED) is 0.683. The van der Waals surface area contributed by atoms with Gasteiger partial charge in [0.15, 0.2) is 0 Å². The second kappa shape index (κ2) is 9.72. The summed E-state index contributed by atoms with van der Waals surface area (Å²) in [5, 5.41) is 3.34. The molecule has 86 valence electrons. The normalized spacial score (nSPS) is 12.5. The average Bonchev–Trinajstić information content (AvgIpc) is 2.33. The summed E-state index contributed by atoms with van der Waals surface area (Å²) in [5.74, 6) is 0. The zero-order valence-electron chi connectivity index (χ0n) is 10.6. The molecule has 0 aromatic heterocycles. The van der Waals surface area contributed by atoms with E-state index in [0.717, 1.165) is 13.1 Å². The third-order valence-corrected chi connectivity index (χ3v) is 2.00. The fourth-order valence-electron chi connectivity index (χ4n) is 1.42. The molecule has 15 heavy (non-hydrogen) atoms. The molecule has 1 N–H and O–H groups in total. The lowest BCUT2D eigenvalue weighted by molar-refractivity contribution is 0.644. The summed E-state index contributed by atoms with van der Waals surface area (Å²) < 4.78 is 0. The molecule has 1 aliphatic heterocycles. The van der Waals surface area contributed by atoms with E-state index >= 15 is 0 Å². The van der Waals surface area contributed by atoms with Gasteiger partial charge >= 0.3 is 0 Å². The molecular weight excluding hydrogens is 182 g/mol. The number of fused-ring (bicyclic) bond motifs is 1. The van der Waals surface area contributed by atoms with E-state index in [4.69, 9.17) is 0 Å². The van der Waals surface area contributed by atoms with E-state index < -0.39 is 0 Å². The highest BCUT2D eigenvalue weighted by molar-refractivity contribution is 5.28. The lowest BCUT2D eigenvalue weighted by Crippen LogP contribution is -2.23. The Morgan fingerprint density at radius 2 is 1.60 bits per heavy atom. The van der Waals surface area contributed by atoms with E-state index in [1.807, 2.05) is 13.8 Å². The van der Waals surface area contributed by atoms with Crippen LogP contribution in [0.25, 0.3) is 0 Å². The molecule has 1 aliphatic rings. The van der Waals surface area contributed by atoms with Crippen molar-refractivity contribution in [2.24, 2.45) is 0 Å². The van der Waals surface area contributed by atoms with Gasteiger partial charge in [-0.3, -0.25) is 0 Å². The number of nitrogens with one attached hydrogen (secondary N) is 1. The summed E-state index contributed by atoms with van der Waals surface area (Å²) in [7, 11) is 0. The highest BCUT2D eigenvalue weighted by Gasteiger charge is 2.05. The maximum absolute atomic E-state index is 3.34. The van der Waals surface area contributed by atoms with Gasteiger partial charge in [-0.25, -0.2) is 0 Å². The summed E-state index contributed by atoms with van der Waals surface area (Å²) in [4.78, 5) is 0. The number of benzene rings is 1. The third kappa shape index (κ3) is 5.58. The van der Waals surface area contributed by atoms with Crippen LogP contribution in [0.5, 0.6) is 0 Å². The monoisotopic (exact) mass is 207 g/mol. The summed E-state index contributed by atoms with van der Waals surface area (Å²) in [6.45, 7) is 10.4. The predicted molar refractivity (Wildman–Crippen MR) is 69.2 cm³/mol. The van der Waals surface area contributed by atoms with E-state index in [-0.39, 0.29) is 0 Å². The lowest BCUT2D eigenvalue weighted by atomic mass is 10.0. The van der Waals surface area contributed by atoms with Gasteiger partial charge in [0.2, 0.25) is 0 Å². The van der Waals surface area contributed by atoms with E-state index in [2.05, 4.69) is 43.4 Å². The molecule has 1 heteroatoms. The molecule has 1 aromatic carbocycles. The Labute approximate surface area is 94.9 Å². The van der Waals surface area contributed by atoms with Crippen molar-refractivity contribution < 1.29 is 0 Å². The summed E-state index contributed by atoms with van der Waals surface area (Å²) >= 11 is 0. The fourth-order valence-corrected chi connectivity index (χ4v) is 1.42. The van der Waals surface area contributed by atoms with Crippen LogP contribution >= 0.6 is 0 Å². The highest BCUT2D eigenvalue weighted by Crippen LogP contribution is 2.11. The average molecular weight is 207 g/mol. The van der Waals surface area contributed by atoms with Crippen molar-refractivity contribution >= 4 is 0 Å². The molecular formula is C14H25N. The van der Waals surface area contributed by atoms with Crippen molar-refractivity contribution in [3.05, 3.63) is 35.4 Å². The zero-order valence-corrected chi connectivity index (χ0v) is 10.6. The fraction of sp³-hybridized carbons (Fsp3) is 0.571. The van der Waals surface area contributed by atoms with Crippen LogP contribution in [0, 0.1) is 0 Å². The second-order valence-corrected chi connectivity index (χ2v) is 3.40. The molecule has 0 saturated heterocycles. The highest BCUT2D eigenvalue weighted by atomic mass is 14.9. The molecule has 1 aromatic rings. The van der Waals surface area contributed by atoms with Gasteiger partial charge in [0.05, 0.1) is 0 Å². The zero-order chi connectivity index (χ0) is 11.5. The second-order valence-electron chi connectivity index (χ2n) is 3.40. The van der Waals surface area contributed by atoms with Crippen LogP contribution in [0.2, 0.25) is 0 Å². The van der Waals surface area contributed by atoms with Gasteiger partial charge in [0.1, 0.15) is 0 Å². The van der Waals surface area contributed by atoms with Gasteiger partial charge in [-0.2, -0.15) is 0 Å². The largest absolute Gasteiger partial charge is 0.312 e. The van der Waals surface area contributed by atoms with Crippen molar-refractivity contribution in [1.82, 2.24) is 5.32 Å². The minimum Gasteiger partial charge on any atom is -0.312 e. The van der Waals surface area contributed by atoms with Crippen LogP contribution in [0.15, 0.2) is 24.3 Å². The van der Waals surface area contributed by atoms with Crippen LogP contribution in [0.3, 0.4) is 0 Å². The molecule has 0 bridgehead atoms. The number of rotatable bonds is 0. The van der Waals surface area contributed by atoms with Crippen molar-refractivity contribution in [3.63, 3.8) is 0 Å². The molecule has 0 radical (unpaired) electrons.